The van der Waals surface area contributed by atoms with Gasteiger partial charge in [0.2, 0.25) is 0 Å². The molecule has 0 saturated carbocycles. The summed E-state index contributed by atoms with van der Waals surface area (Å²) in [5.74, 6) is 0. The van der Waals surface area contributed by atoms with Gasteiger partial charge in [0.25, 0.3) is 0 Å². The lowest BCUT2D eigenvalue weighted by molar-refractivity contribution is 0.0659. The zero-order valence-electron chi connectivity index (χ0n) is 3.31. The molecule has 0 aromatic heterocycles. The van der Waals surface area contributed by atoms with Crippen LogP contribution in [0, 0.1) is 0 Å². The van der Waals surface area contributed by atoms with E-state index < -0.39 is 14.6 Å². The SMILES string of the molecule is O=P(O)(O)OCO. The summed E-state index contributed by atoms with van der Waals surface area (Å²) in [4.78, 5) is 15.5. The number of rotatable bonds is 2. The van der Waals surface area contributed by atoms with Gasteiger partial charge >= 0.3 is 7.82 Å². The van der Waals surface area contributed by atoms with Gasteiger partial charge in [0, 0.05) is 0 Å². The topological polar surface area (TPSA) is 87.0 Å². The second-order valence-electron chi connectivity index (χ2n) is 0.749. The summed E-state index contributed by atoms with van der Waals surface area (Å²) in [5.41, 5.74) is 0. The quantitative estimate of drug-likeness (QED) is 0.329. The van der Waals surface area contributed by atoms with Gasteiger partial charge in [-0.1, -0.05) is 0 Å². The standard InChI is InChI=1S/CH5O5P/c2-1-6-7(3,4)5/h2H,1H2,(H2,3,4,5). The molecule has 0 bridgehead atoms. The normalized spacial score (nSPS) is 11.9. The molecule has 3 N–H and O–H groups in total. The zero-order chi connectivity index (χ0) is 5.91. The van der Waals surface area contributed by atoms with Crippen LogP contribution in [0.1, 0.15) is 0 Å². The molecule has 0 spiro atoms. The molecule has 0 aromatic carbocycles. The number of phosphoric ester groups is 1. The molecule has 6 heteroatoms. The molecule has 0 unspecified atom stereocenters. The van der Waals surface area contributed by atoms with E-state index in [2.05, 4.69) is 4.52 Å². The summed E-state index contributed by atoms with van der Waals surface area (Å²) in [7, 11) is -4.42. The molecule has 0 fully saturated rings. The second-order valence-corrected chi connectivity index (χ2v) is 1.99. The van der Waals surface area contributed by atoms with E-state index in [0.29, 0.717) is 0 Å². The van der Waals surface area contributed by atoms with E-state index in [0.717, 1.165) is 0 Å². The van der Waals surface area contributed by atoms with Crippen LogP contribution in [0.15, 0.2) is 0 Å². The fraction of sp³-hybridized carbons (Fsp3) is 1.00. The molecule has 0 saturated heterocycles. The molecule has 0 aromatic rings. The first-order valence-corrected chi connectivity index (χ1v) is 2.90. The van der Waals surface area contributed by atoms with E-state index in [9.17, 15) is 4.57 Å². The monoisotopic (exact) mass is 128 g/mol. The number of aliphatic hydroxyl groups excluding tert-OH is 1. The Morgan fingerprint density at radius 1 is 1.57 bits per heavy atom. The van der Waals surface area contributed by atoms with Gasteiger partial charge in [0.15, 0.2) is 6.79 Å². The van der Waals surface area contributed by atoms with E-state index in [1.54, 1.807) is 0 Å². The summed E-state index contributed by atoms with van der Waals surface area (Å²) < 4.78 is 13.0. The molecule has 0 rings (SSSR count). The molecule has 5 nitrogen and oxygen atoms in total. The van der Waals surface area contributed by atoms with Crippen LogP contribution >= 0.6 is 7.82 Å². The molecular formula is CH5O5P. The molecule has 0 heterocycles. The first kappa shape index (κ1) is 7.07. The Hall–Kier alpha value is 0.0700. The zero-order valence-corrected chi connectivity index (χ0v) is 4.21. The predicted octanol–water partition coefficient (Wildman–Crippen LogP) is -0.955. The summed E-state index contributed by atoms with van der Waals surface area (Å²) in [5, 5.41) is 7.69. The van der Waals surface area contributed by atoms with Gasteiger partial charge in [0.1, 0.15) is 0 Å². The summed E-state index contributed by atoms with van der Waals surface area (Å²) in [6.07, 6.45) is 0. The third kappa shape index (κ3) is 6.07. The van der Waals surface area contributed by atoms with Crippen LogP contribution in [0.25, 0.3) is 0 Å². The third-order valence-electron chi connectivity index (χ3n) is 0.226. The van der Waals surface area contributed by atoms with Gasteiger partial charge in [0.05, 0.1) is 0 Å². The van der Waals surface area contributed by atoms with Gasteiger partial charge in [-0.05, 0) is 0 Å². The fourth-order valence-electron chi connectivity index (χ4n) is 0.0752. The lowest BCUT2D eigenvalue weighted by atomic mass is 11.6. The molecular weight excluding hydrogens is 123 g/mol. The Bertz CT molecular complexity index is 82.1. The Kier molecular flexibility index (Phi) is 2.42. The summed E-state index contributed by atoms with van der Waals surface area (Å²) in [6.45, 7) is -0.954. The predicted molar refractivity (Wildman–Crippen MR) is 20.2 cm³/mol. The van der Waals surface area contributed by atoms with E-state index in [1.807, 2.05) is 0 Å². The molecule has 7 heavy (non-hydrogen) atoms. The maximum absolute atomic E-state index is 9.54. The fourth-order valence-corrected chi connectivity index (χ4v) is 0.226. The highest BCUT2D eigenvalue weighted by Crippen LogP contribution is 2.34. The minimum Gasteiger partial charge on any atom is -0.370 e. The molecule has 0 aliphatic carbocycles. The number of hydrogen-bond acceptors (Lipinski definition) is 3. The average molecular weight is 128 g/mol. The molecule has 44 valence electrons. The van der Waals surface area contributed by atoms with E-state index in [1.165, 1.54) is 0 Å². The lowest BCUT2D eigenvalue weighted by Gasteiger charge is -1.97. The van der Waals surface area contributed by atoms with Crippen molar-refractivity contribution in [1.82, 2.24) is 0 Å². The smallest absolute Gasteiger partial charge is 0.370 e. The van der Waals surface area contributed by atoms with Crippen molar-refractivity contribution in [2.24, 2.45) is 0 Å². The molecule has 0 amide bonds. The lowest BCUT2D eigenvalue weighted by Crippen LogP contribution is -1.87. The number of hydrogen-bond donors (Lipinski definition) is 3. The minimum atomic E-state index is -4.42. The van der Waals surface area contributed by atoms with Crippen LogP contribution in [0.2, 0.25) is 0 Å². The van der Waals surface area contributed by atoms with Gasteiger partial charge in [-0.3, -0.25) is 4.52 Å². The van der Waals surface area contributed by atoms with Crippen molar-refractivity contribution in [3.63, 3.8) is 0 Å². The minimum absolute atomic E-state index is 0.954. The van der Waals surface area contributed by atoms with E-state index in [4.69, 9.17) is 14.9 Å². The van der Waals surface area contributed by atoms with Crippen molar-refractivity contribution in [3.05, 3.63) is 0 Å². The number of phosphoric acid groups is 1. The van der Waals surface area contributed by atoms with Gasteiger partial charge in [-0.2, -0.15) is 0 Å². The molecule has 0 aliphatic heterocycles. The maximum atomic E-state index is 9.54. The van der Waals surface area contributed by atoms with Crippen LogP contribution in [0.3, 0.4) is 0 Å². The second kappa shape index (κ2) is 2.40. The van der Waals surface area contributed by atoms with Crippen molar-refractivity contribution in [2.75, 3.05) is 6.79 Å². The Morgan fingerprint density at radius 3 is 2.00 bits per heavy atom. The van der Waals surface area contributed by atoms with Crippen molar-refractivity contribution in [3.8, 4) is 0 Å². The van der Waals surface area contributed by atoms with Crippen LogP contribution in [0.5, 0.6) is 0 Å². The maximum Gasteiger partial charge on any atom is 0.471 e. The van der Waals surface area contributed by atoms with Crippen molar-refractivity contribution < 1.29 is 24.0 Å². The Balaban J connectivity index is 3.36. The molecule has 0 aliphatic rings. The third-order valence-corrected chi connectivity index (χ3v) is 0.678. The average Bonchev–Trinajstić information content (AvgIpc) is 1.30. The Labute approximate surface area is 39.8 Å². The van der Waals surface area contributed by atoms with Crippen LogP contribution in [0.4, 0.5) is 0 Å². The van der Waals surface area contributed by atoms with Crippen LogP contribution in [-0.2, 0) is 9.09 Å². The Morgan fingerprint density at radius 2 is 2.00 bits per heavy atom. The highest BCUT2D eigenvalue weighted by atomic mass is 31.2. The summed E-state index contributed by atoms with van der Waals surface area (Å²) >= 11 is 0. The first-order valence-electron chi connectivity index (χ1n) is 1.37. The highest BCUT2D eigenvalue weighted by Gasteiger charge is 2.10. The van der Waals surface area contributed by atoms with E-state index >= 15 is 0 Å². The van der Waals surface area contributed by atoms with E-state index in [-0.39, 0.29) is 0 Å². The molecule has 0 radical (unpaired) electrons. The van der Waals surface area contributed by atoms with Crippen LogP contribution < -0.4 is 0 Å². The van der Waals surface area contributed by atoms with Crippen molar-refractivity contribution in [2.45, 2.75) is 0 Å². The highest BCUT2D eigenvalue weighted by molar-refractivity contribution is 7.46. The summed E-state index contributed by atoms with van der Waals surface area (Å²) in [6, 6.07) is 0. The molecule has 0 atom stereocenters. The van der Waals surface area contributed by atoms with Crippen LogP contribution in [-0.4, -0.2) is 21.7 Å². The van der Waals surface area contributed by atoms with Gasteiger partial charge < -0.3 is 14.9 Å². The number of aliphatic hydroxyl groups is 1. The van der Waals surface area contributed by atoms with Crippen molar-refractivity contribution >= 4 is 7.82 Å². The van der Waals surface area contributed by atoms with Gasteiger partial charge in [-0.25, -0.2) is 4.57 Å². The van der Waals surface area contributed by atoms with Gasteiger partial charge in [-0.15, -0.1) is 0 Å². The largest absolute Gasteiger partial charge is 0.471 e. The first-order chi connectivity index (χ1) is 3.06. The van der Waals surface area contributed by atoms with Crippen molar-refractivity contribution in [1.29, 1.82) is 0 Å².